The van der Waals surface area contributed by atoms with Crippen molar-refractivity contribution >= 4 is 32.5 Å². The highest BCUT2D eigenvalue weighted by atomic mass is 79.9. The van der Waals surface area contributed by atoms with Gasteiger partial charge in [-0.3, -0.25) is 4.98 Å². The molecule has 0 spiro atoms. The molecule has 0 aliphatic rings. The van der Waals surface area contributed by atoms with Crippen LogP contribution in [0.4, 0.5) is 5.69 Å². The standard InChI is InChI=1S/C15H19BrN2O/c1-5-17-12-7-11(8-19-4)18-13-6-9(2)15(16)10(3)14(12)13/h6-7H,5,8H2,1-4H3,(H,17,18). The first-order valence-corrected chi connectivity index (χ1v) is 7.20. The number of aromatic nitrogens is 1. The second kappa shape index (κ2) is 5.88. The minimum Gasteiger partial charge on any atom is -0.385 e. The van der Waals surface area contributed by atoms with E-state index in [4.69, 9.17) is 4.74 Å². The molecule has 0 saturated carbocycles. The molecule has 0 saturated heterocycles. The summed E-state index contributed by atoms with van der Waals surface area (Å²) in [7, 11) is 1.69. The lowest BCUT2D eigenvalue weighted by Gasteiger charge is -2.15. The molecule has 1 N–H and O–H groups in total. The highest BCUT2D eigenvalue weighted by Crippen LogP contribution is 2.33. The quantitative estimate of drug-likeness (QED) is 0.916. The van der Waals surface area contributed by atoms with Crippen LogP contribution in [0.25, 0.3) is 10.9 Å². The number of ether oxygens (including phenoxy) is 1. The lowest BCUT2D eigenvalue weighted by Crippen LogP contribution is -2.03. The number of hydrogen-bond acceptors (Lipinski definition) is 3. The van der Waals surface area contributed by atoms with Gasteiger partial charge in [0.1, 0.15) is 0 Å². The number of aryl methyl sites for hydroxylation is 2. The highest BCUT2D eigenvalue weighted by molar-refractivity contribution is 9.10. The van der Waals surface area contributed by atoms with Gasteiger partial charge in [0, 0.05) is 29.2 Å². The number of hydrogen-bond donors (Lipinski definition) is 1. The fraction of sp³-hybridized carbons (Fsp3) is 0.400. The van der Waals surface area contributed by atoms with Gasteiger partial charge in [-0.2, -0.15) is 0 Å². The van der Waals surface area contributed by atoms with Crippen molar-refractivity contribution in [2.24, 2.45) is 0 Å². The van der Waals surface area contributed by atoms with Crippen LogP contribution in [0.3, 0.4) is 0 Å². The molecule has 0 fully saturated rings. The van der Waals surface area contributed by atoms with E-state index in [2.05, 4.69) is 59.1 Å². The van der Waals surface area contributed by atoms with Gasteiger partial charge >= 0.3 is 0 Å². The zero-order valence-electron chi connectivity index (χ0n) is 11.8. The van der Waals surface area contributed by atoms with Crippen LogP contribution in [-0.2, 0) is 11.3 Å². The molecular formula is C15H19BrN2O. The molecule has 0 amide bonds. The first kappa shape index (κ1) is 14.3. The number of rotatable bonds is 4. The van der Waals surface area contributed by atoms with Crippen molar-refractivity contribution in [2.75, 3.05) is 19.0 Å². The van der Waals surface area contributed by atoms with Gasteiger partial charge in [0.05, 0.1) is 17.8 Å². The molecule has 102 valence electrons. The van der Waals surface area contributed by atoms with E-state index in [9.17, 15) is 0 Å². The lowest BCUT2D eigenvalue weighted by molar-refractivity contribution is 0.182. The Labute approximate surface area is 122 Å². The number of pyridine rings is 1. The van der Waals surface area contributed by atoms with Gasteiger partial charge in [-0.1, -0.05) is 15.9 Å². The Morgan fingerprint density at radius 2 is 2.05 bits per heavy atom. The van der Waals surface area contributed by atoms with Crippen molar-refractivity contribution in [2.45, 2.75) is 27.4 Å². The number of fused-ring (bicyclic) bond motifs is 1. The van der Waals surface area contributed by atoms with E-state index < -0.39 is 0 Å². The summed E-state index contributed by atoms with van der Waals surface area (Å²) >= 11 is 3.65. The van der Waals surface area contributed by atoms with Crippen molar-refractivity contribution in [3.63, 3.8) is 0 Å². The number of anilines is 1. The molecule has 0 bridgehead atoms. The molecule has 0 unspecified atom stereocenters. The molecule has 1 heterocycles. The third-order valence-electron chi connectivity index (χ3n) is 3.16. The van der Waals surface area contributed by atoms with Crippen molar-refractivity contribution in [1.82, 2.24) is 4.98 Å². The largest absolute Gasteiger partial charge is 0.385 e. The van der Waals surface area contributed by atoms with Crippen LogP contribution < -0.4 is 5.32 Å². The summed E-state index contributed by atoms with van der Waals surface area (Å²) in [6.07, 6.45) is 0. The summed E-state index contributed by atoms with van der Waals surface area (Å²) in [5.41, 5.74) is 5.52. The first-order chi connectivity index (χ1) is 9.08. The topological polar surface area (TPSA) is 34.1 Å². The van der Waals surface area contributed by atoms with Crippen molar-refractivity contribution in [1.29, 1.82) is 0 Å². The zero-order valence-corrected chi connectivity index (χ0v) is 13.4. The molecule has 2 aromatic rings. The minimum atomic E-state index is 0.530. The molecule has 3 nitrogen and oxygen atoms in total. The molecule has 0 aliphatic heterocycles. The lowest BCUT2D eigenvalue weighted by atomic mass is 10.0. The van der Waals surface area contributed by atoms with E-state index in [1.165, 1.54) is 16.5 Å². The number of methoxy groups -OCH3 is 1. The highest BCUT2D eigenvalue weighted by Gasteiger charge is 2.12. The average Bonchev–Trinajstić information content (AvgIpc) is 2.36. The maximum absolute atomic E-state index is 5.19. The number of nitrogens with one attached hydrogen (secondary N) is 1. The van der Waals surface area contributed by atoms with E-state index in [0.29, 0.717) is 6.61 Å². The SMILES string of the molecule is CCNc1cc(COC)nc2cc(C)c(Br)c(C)c12. The van der Waals surface area contributed by atoms with Gasteiger partial charge in [0.25, 0.3) is 0 Å². The fourth-order valence-corrected chi connectivity index (χ4v) is 2.66. The second-order valence-electron chi connectivity index (χ2n) is 4.65. The summed E-state index contributed by atoms with van der Waals surface area (Å²) in [5, 5.41) is 4.60. The zero-order chi connectivity index (χ0) is 14.0. The summed E-state index contributed by atoms with van der Waals surface area (Å²) in [4.78, 5) is 4.68. The monoisotopic (exact) mass is 322 g/mol. The van der Waals surface area contributed by atoms with Gasteiger partial charge in [-0.25, -0.2) is 0 Å². The van der Waals surface area contributed by atoms with Crippen LogP contribution in [-0.4, -0.2) is 18.6 Å². The Balaban J connectivity index is 2.75. The van der Waals surface area contributed by atoms with E-state index in [1.54, 1.807) is 7.11 Å². The molecule has 4 heteroatoms. The molecule has 19 heavy (non-hydrogen) atoms. The molecule has 2 rings (SSSR count). The average molecular weight is 323 g/mol. The van der Waals surface area contributed by atoms with E-state index >= 15 is 0 Å². The normalized spacial score (nSPS) is 11.0. The van der Waals surface area contributed by atoms with Crippen LogP contribution in [0, 0.1) is 13.8 Å². The second-order valence-corrected chi connectivity index (χ2v) is 5.44. The predicted molar refractivity (Wildman–Crippen MR) is 83.8 cm³/mol. The van der Waals surface area contributed by atoms with E-state index in [0.717, 1.165) is 27.9 Å². The Morgan fingerprint density at radius 3 is 2.68 bits per heavy atom. The van der Waals surface area contributed by atoms with Crippen LogP contribution >= 0.6 is 15.9 Å². The molecule has 0 aliphatic carbocycles. The van der Waals surface area contributed by atoms with Crippen molar-refractivity contribution < 1.29 is 4.74 Å². The number of halogens is 1. The third kappa shape index (κ3) is 2.74. The molecule has 1 aromatic heterocycles. The van der Waals surface area contributed by atoms with E-state index in [-0.39, 0.29) is 0 Å². The van der Waals surface area contributed by atoms with Gasteiger partial charge < -0.3 is 10.1 Å². The Hall–Kier alpha value is -1.13. The molecule has 0 radical (unpaired) electrons. The van der Waals surface area contributed by atoms with Gasteiger partial charge in [0.2, 0.25) is 0 Å². The van der Waals surface area contributed by atoms with Gasteiger partial charge in [-0.05, 0) is 44.0 Å². The fourth-order valence-electron chi connectivity index (χ4n) is 2.34. The maximum Gasteiger partial charge on any atom is 0.0885 e. The minimum absolute atomic E-state index is 0.530. The number of nitrogens with zero attached hydrogens (tertiary/aromatic N) is 1. The van der Waals surface area contributed by atoms with Gasteiger partial charge in [0.15, 0.2) is 0 Å². The van der Waals surface area contributed by atoms with Crippen LogP contribution in [0.15, 0.2) is 16.6 Å². The summed E-state index contributed by atoms with van der Waals surface area (Å²) in [6, 6.07) is 4.19. The van der Waals surface area contributed by atoms with Crippen LogP contribution in [0.2, 0.25) is 0 Å². The Morgan fingerprint density at radius 1 is 1.32 bits per heavy atom. The van der Waals surface area contributed by atoms with Gasteiger partial charge in [-0.15, -0.1) is 0 Å². The summed E-state index contributed by atoms with van der Waals surface area (Å²) in [5.74, 6) is 0. The Kier molecular flexibility index (Phi) is 4.42. The van der Waals surface area contributed by atoms with Crippen LogP contribution in [0.1, 0.15) is 23.7 Å². The summed E-state index contributed by atoms with van der Waals surface area (Å²) in [6.45, 7) is 7.73. The van der Waals surface area contributed by atoms with Crippen molar-refractivity contribution in [3.05, 3.63) is 33.4 Å². The molecule has 1 aromatic carbocycles. The van der Waals surface area contributed by atoms with E-state index in [1.807, 2.05) is 0 Å². The maximum atomic E-state index is 5.19. The van der Waals surface area contributed by atoms with Crippen molar-refractivity contribution in [3.8, 4) is 0 Å². The first-order valence-electron chi connectivity index (χ1n) is 6.40. The smallest absolute Gasteiger partial charge is 0.0885 e. The predicted octanol–water partition coefficient (Wildman–Crippen LogP) is 4.19. The summed E-state index contributed by atoms with van der Waals surface area (Å²) < 4.78 is 6.35. The molecular weight excluding hydrogens is 304 g/mol. The molecule has 0 atom stereocenters. The Bertz CT molecular complexity index is 611. The third-order valence-corrected chi connectivity index (χ3v) is 4.38. The van der Waals surface area contributed by atoms with Crippen LogP contribution in [0.5, 0.6) is 0 Å². The number of benzene rings is 1.